The number of nitrogens with zero attached hydrogens (tertiary/aromatic N) is 2. The second-order valence-electron chi connectivity index (χ2n) is 11.9. The Bertz CT molecular complexity index is 446. The summed E-state index contributed by atoms with van der Waals surface area (Å²) in [6, 6.07) is 0. The maximum absolute atomic E-state index is 2.53. The summed E-state index contributed by atoms with van der Waals surface area (Å²) in [7, 11) is 0. The molecule has 0 spiro atoms. The van der Waals surface area contributed by atoms with Gasteiger partial charge in [-0.1, -0.05) is 174 Å². The molecular weight excluding hydrogens is 436 g/mol. The van der Waals surface area contributed by atoms with E-state index >= 15 is 0 Å². The van der Waals surface area contributed by atoms with Crippen molar-refractivity contribution in [2.24, 2.45) is 0 Å². The molecule has 1 heterocycles. The number of hydrogen-bond acceptors (Lipinski definition) is 2. The van der Waals surface area contributed by atoms with Crippen molar-refractivity contribution >= 4 is 0 Å². The Kier molecular flexibility index (Phi) is 25.4. The smallest absolute Gasteiger partial charge is 0.0893 e. The van der Waals surface area contributed by atoms with Gasteiger partial charge < -0.3 is 9.80 Å². The van der Waals surface area contributed by atoms with Crippen molar-refractivity contribution in [3.05, 3.63) is 12.4 Å². The zero-order valence-electron chi connectivity index (χ0n) is 25.3. The highest BCUT2D eigenvalue weighted by atomic mass is 15.3. The van der Waals surface area contributed by atoms with Gasteiger partial charge in [-0.05, 0) is 12.8 Å². The second-order valence-corrected chi connectivity index (χ2v) is 11.9. The summed E-state index contributed by atoms with van der Waals surface area (Å²) in [6.45, 7) is 8.25. The second kappa shape index (κ2) is 27.4. The summed E-state index contributed by atoms with van der Waals surface area (Å²) in [5.74, 6) is 0. The van der Waals surface area contributed by atoms with Crippen LogP contribution in [0.15, 0.2) is 12.4 Å². The van der Waals surface area contributed by atoms with Gasteiger partial charge in [0.15, 0.2) is 0 Å². The molecule has 1 aliphatic rings. The Labute approximate surface area is 229 Å². The summed E-state index contributed by atoms with van der Waals surface area (Å²) in [4.78, 5) is 5.06. The third-order valence-corrected chi connectivity index (χ3v) is 8.20. The van der Waals surface area contributed by atoms with Crippen LogP contribution >= 0.6 is 0 Å². The fourth-order valence-corrected chi connectivity index (χ4v) is 5.65. The predicted molar refractivity (Wildman–Crippen MR) is 163 cm³/mol. The molecule has 1 aliphatic heterocycles. The number of hydrogen-bond donors (Lipinski definition) is 0. The van der Waals surface area contributed by atoms with Gasteiger partial charge in [-0.15, -0.1) is 0 Å². The van der Waals surface area contributed by atoms with E-state index in [-0.39, 0.29) is 0 Å². The zero-order valence-corrected chi connectivity index (χ0v) is 25.3. The quantitative estimate of drug-likeness (QED) is 0.0934. The molecule has 0 aromatic rings. The Balaban J connectivity index is 1.75. The minimum absolute atomic E-state index is 1.14. The molecule has 0 amide bonds. The van der Waals surface area contributed by atoms with Crippen LogP contribution < -0.4 is 0 Å². The lowest BCUT2D eigenvalue weighted by Crippen LogP contribution is -2.26. The molecule has 0 atom stereocenters. The van der Waals surface area contributed by atoms with Crippen LogP contribution in [-0.4, -0.2) is 29.6 Å². The minimum Gasteiger partial charge on any atom is -0.359 e. The fraction of sp³-hybridized carbons (Fsp3) is 0.941. The summed E-state index contributed by atoms with van der Waals surface area (Å²) >= 11 is 0. The standard InChI is InChI=1S/C34H68N2/c1-3-5-7-9-11-13-15-17-18-19-21-23-25-27-29-31-36-33-32-35(34-36)30-28-26-24-22-20-16-14-12-10-8-6-4-2/h32-33H,3-31,34H2,1-2H3. The van der Waals surface area contributed by atoms with Crippen LogP contribution in [0.1, 0.15) is 187 Å². The monoisotopic (exact) mass is 505 g/mol. The summed E-state index contributed by atoms with van der Waals surface area (Å²) in [5.41, 5.74) is 0. The SMILES string of the molecule is CCCCCCCCCCCCCCCCCN1C=CN(CCCCCCCCCCCCCC)C1. The maximum atomic E-state index is 2.53. The van der Waals surface area contributed by atoms with E-state index in [0.717, 1.165) is 6.67 Å². The maximum Gasteiger partial charge on any atom is 0.0893 e. The molecule has 2 nitrogen and oxygen atoms in total. The molecule has 0 aromatic heterocycles. The first-order valence-corrected chi connectivity index (χ1v) is 17.0. The van der Waals surface area contributed by atoms with Crippen molar-refractivity contribution < 1.29 is 0 Å². The first kappa shape index (κ1) is 33.4. The summed E-state index contributed by atoms with van der Waals surface area (Å²) in [6.07, 6.45) is 43.7. The lowest BCUT2D eigenvalue weighted by Gasteiger charge is -2.21. The molecule has 0 aliphatic carbocycles. The van der Waals surface area contributed by atoms with Gasteiger partial charge in [-0.25, -0.2) is 0 Å². The van der Waals surface area contributed by atoms with Gasteiger partial charge in [0.25, 0.3) is 0 Å². The Morgan fingerprint density at radius 3 is 0.806 bits per heavy atom. The Morgan fingerprint density at radius 1 is 0.333 bits per heavy atom. The number of unbranched alkanes of at least 4 members (excludes halogenated alkanes) is 25. The molecule has 0 fully saturated rings. The molecule has 2 heteroatoms. The van der Waals surface area contributed by atoms with Crippen LogP contribution in [0.25, 0.3) is 0 Å². The highest BCUT2D eigenvalue weighted by Gasteiger charge is 2.11. The van der Waals surface area contributed by atoms with E-state index in [1.54, 1.807) is 0 Å². The molecule has 36 heavy (non-hydrogen) atoms. The Morgan fingerprint density at radius 2 is 0.556 bits per heavy atom. The van der Waals surface area contributed by atoms with E-state index in [1.807, 2.05) is 0 Å². The van der Waals surface area contributed by atoms with Crippen molar-refractivity contribution in [2.45, 2.75) is 187 Å². The van der Waals surface area contributed by atoms with Gasteiger partial charge in [0.05, 0.1) is 6.67 Å². The van der Waals surface area contributed by atoms with Gasteiger partial charge in [-0.3, -0.25) is 0 Å². The Hall–Kier alpha value is -0.660. The molecule has 0 N–H and O–H groups in total. The summed E-state index contributed by atoms with van der Waals surface area (Å²) in [5, 5.41) is 0. The van der Waals surface area contributed by atoms with E-state index in [0.29, 0.717) is 0 Å². The molecule has 1 rings (SSSR count). The van der Waals surface area contributed by atoms with E-state index in [2.05, 4.69) is 36.0 Å². The van der Waals surface area contributed by atoms with Crippen molar-refractivity contribution in [3.63, 3.8) is 0 Å². The molecule has 0 aromatic carbocycles. The molecule has 214 valence electrons. The number of rotatable bonds is 29. The van der Waals surface area contributed by atoms with E-state index in [1.165, 1.54) is 186 Å². The van der Waals surface area contributed by atoms with Crippen LogP contribution in [0.3, 0.4) is 0 Å². The first-order valence-electron chi connectivity index (χ1n) is 17.0. The van der Waals surface area contributed by atoms with Crippen molar-refractivity contribution in [1.82, 2.24) is 9.80 Å². The van der Waals surface area contributed by atoms with Crippen molar-refractivity contribution in [1.29, 1.82) is 0 Å². The predicted octanol–water partition coefficient (Wildman–Crippen LogP) is 11.6. The molecule has 0 radical (unpaired) electrons. The largest absolute Gasteiger partial charge is 0.359 e. The lowest BCUT2D eigenvalue weighted by molar-refractivity contribution is 0.257. The fourth-order valence-electron chi connectivity index (χ4n) is 5.65. The highest BCUT2D eigenvalue weighted by molar-refractivity contribution is 4.90. The van der Waals surface area contributed by atoms with E-state index < -0.39 is 0 Å². The van der Waals surface area contributed by atoms with Gasteiger partial charge in [-0.2, -0.15) is 0 Å². The third kappa shape index (κ3) is 22.5. The van der Waals surface area contributed by atoms with Crippen LogP contribution in [0.2, 0.25) is 0 Å². The van der Waals surface area contributed by atoms with Crippen molar-refractivity contribution in [2.75, 3.05) is 19.8 Å². The van der Waals surface area contributed by atoms with Crippen molar-refractivity contribution in [3.8, 4) is 0 Å². The lowest BCUT2D eigenvalue weighted by atomic mass is 10.0. The van der Waals surface area contributed by atoms with Crippen LogP contribution in [0.5, 0.6) is 0 Å². The molecule has 0 unspecified atom stereocenters. The summed E-state index contributed by atoms with van der Waals surface area (Å²) < 4.78 is 0. The topological polar surface area (TPSA) is 6.48 Å². The van der Waals surface area contributed by atoms with Crippen LogP contribution in [-0.2, 0) is 0 Å². The van der Waals surface area contributed by atoms with Gasteiger partial charge >= 0.3 is 0 Å². The van der Waals surface area contributed by atoms with Gasteiger partial charge in [0, 0.05) is 25.5 Å². The normalized spacial score (nSPS) is 13.4. The molecule has 0 bridgehead atoms. The average Bonchev–Trinajstić information content (AvgIpc) is 3.34. The molecule has 0 saturated heterocycles. The zero-order chi connectivity index (χ0) is 25.8. The van der Waals surface area contributed by atoms with Crippen LogP contribution in [0.4, 0.5) is 0 Å². The minimum atomic E-state index is 1.14. The molecule has 0 saturated carbocycles. The first-order chi connectivity index (χ1) is 17.9. The average molecular weight is 505 g/mol. The molecular formula is C34H68N2. The van der Waals surface area contributed by atoms with Gasteiger partial charge in [0.2, 0.25) is 0 Å². The third-order valence-electron chi connectivity index (χ3n) is 8.20. The van der Waals surface area contributed by atoms with Gasteiger partial charge in [0.1, 0.15) is 0 Å². The van der Waals surface area contributed by atoms with E-state index in [4.69, 9.17) is 0 Å². The van der Waals surface area contributed by atoms with E-state index in [9.17, 15) is 0 Å². The van der Waals surface area contributed by atoms with Crippen LogP contribution in [0, 0.1) is 0 Å². The highest BCUT2D eigenvalue weighted by Crippen LogP contribution is 2.16.